The third-order valence-electron chi connectivity index (χ3n) is 2.48. The van der Waals surface area contributed by atoms with Gasteiger partial charge >= 0.3 is 0 Å². The van der Waals surface area contributed by atoms with Crippen molar-refractivity contribution in [2.45, 2.75) is 13.5 Å². The second kappa shape index (κ2) is 6.16. The molecule has 0 aliphatic rings. The maximum absolute atomic E-state index is 11.8. The summed E-state index contributed by atoms with van der Waals surface area (Å²) in [6, 6.07) is 6.85. The highest BCUT2D eigenvalue weighted by Gasteiger charge is 2.04. The number of aromatic nitrogens is 1. The Hall–Kier alpha value is -2.41. The van der Waals surface area contributed by atoms with Crippen molar-refractivity contribution >= 4 is 34.5 Å². The van der Waals surface area contributed by atoms with E-state index in [1.807, 2.05) is 0 Å². The fourth-order valence-electron chi connectivity index (χ4n) is 1.62. The monoisotopic (exact) mass is 290 g/mol. The zero-order valence-electron chi connectivity index (χ0n) is 10.8. The molecule has 0 saturated heterocycles. The summed E-state index contributed by atoms with van der Waals surface area (Å²) in [5, 5.41) is 14.7. The number of hydrogen-bond donors (Lipinski definition) is 3. The van der Waals surface area contributed by atoms with E-state index in [4.69, 9.17) is 5.41 Å². The molecule has 0 spiro atoms. The van der Waals surface area contributed by atoms with Gasteiger partial charge in [0, 0.05) is 29.9 Å². The molecule has 20 heavy (non-hydrogen) atoms. The normalized spacial score (nSPS) is 10.1. The summed E-state index contributed by atoms with van der Waals surface area (Å²) >= 11 is 1.27. The second-order valence-corrected chi connectivity index (χ2v) is 5.04. The van der Waals surface area contributed by atoms with Crippen LogP contribution in [0, 0.1) is 5.41 Å². The predicted molar refractivity (Wildman–Crippen MR) is 77.5 cm³/mol. The minimum atomic E-state index is -0.200. The lowest BCUT2D eigenvalue weighted by molar-refractivity contribution is -0.117. The molecule has 0 radical (unpaired) electrons. The van der Waals surface area contributed by atoms with Gasteiger partial charge in [-0.1, -0.05) is 0 Å². The number of carbonyl (C=O) groups excluding carboxylic acids is 2. The van der Waals surface area contributed by atoms with Crippen molar-refractivity contribution in [2.24, 2.45) is 0 Å². The zero-order chi connectivity index (χ0) is 14.5. The molecule has 2 rings (SSSR count). The van der Waals surface area contributed by atoms with E-state index in [0.717, 1.165) is 0 Å². The molecule has 0 saturated carbocycles. The SMILES string of the molecule is CC(=O)Nc1ccc(NC(=O)Cn2ccsc2=N)cc1. The van der Waals surface area contributed by atoms with E-state index in [9.17, 15) is 9.59 Å². The summed E-state index contributed by atoms with van der Waals surface area (Å²) in [5.41, 5.74) is 1.32. The molecule has 1 aromatic carbocycles. The molecule has 0 unspecified atom stereocenters. The number of hydrogen-bond acceptors (Lipinski definition) is 4. The Bertz CT molecular complexity index is 672. The Labute approximate surface area is 119 Å². The van der Waals surface area contributed by atoms with E-state index in [0.29, 0.717) is 16.2 Å². The first kappa shape index (κ1) is 14.0. The van der Waals surface area contributed by atoms with Gasteiger partial charge in [0.1, 0.15) is 6.54 Å². The maximum Gasteiger partial charge on any atom is 0.244 e. The van der Waals surface area contributed by atoms with Crippen LogP contribution in [0.2, 0.25) is 0 Å². The molecular formula is C13H14N4O2S. The molecule has 7 heteroatoms. The van der Waals surface area contributed by atoms with Gasteiger partial charge in [-0.2, -0.15) is 0 Å². The number of rotatable bonds is 4. The van der Waals surface area contributed by atoms with Gasteiger partial charge in [0.15, 0.2) is 4.80 Å². The summed E-state index contributed by atoms with van der Waals surface area (Å²) in [4.78, 5) is 23.0. The second-order valence-electron chi connectivity index (χ2n) is 4.14. The van der Waals surface area contributed by atoms with Crippen molar-refractivity contribution in [3.63, 3.8) is 0 Å². The number of nitrogens with one attached hydrogen (secondary N) is 3. The standard InChI is InChI=1S/C13H14N4O2S/c1-9(18)15-10-2-4-11(5-3-10)16-12(19)8-17-6-7-20-13(17)14/h2-7,14H,8H2,1H3,(H,15,18)(H,16,19). The highest BCUT2D eigenvalue weighted by Crippen LogP contribution is 2.13. The highest BCUT2D eigenvalue weighted by atomic mass is 32.1. The number of benzene rings is 1. The molecule has 3 N–H and O–H groups in total. The van der Waals surface area contributed by atoms with Crippen molar-refractivity contribution in [3.8, 4) is 0 Å². The van der Waals surface area contributed by atoms with Crippen LogP contribution in [0.5, 0.6) is 0 Å². The first-order valence-corrected chi connectivity index (χ1v) is 6.78. The lowest BCUT2D eigenvalue weighted by Crippen LogP contribution is -2.23. The Kier molecular flexibility index (Phi) is 4.31. The van der Waals surface area contributed by atoms with Crippen LogP contribution in [0.15, 0.2) is 35.8 Å². The molecule has 0 atom stereocenters. The molecule has 6 nitrogen and oxygen atoms in total. The number of anilines is 2. The molecule has 0 aliphatic heterocycles. The van der Waals surface area contributed by atoms with Crippen LogP contribution >= 0.6 is 11.3 Å². The molecular weight excluding hydrogens is 276 g/mol. The molecule has 104 valence electrons. The van der Waals surface area contributed by atoms with E-state index >= 15 is 0 Å². The topological polar surface area (TPSA) is 87.0 Å². The van der Waals surface area contributed by atoms with Gasteiger partial charge in [-0.25, -0.2) is 0 Å². The van der Waals surface area contributed by atoms with Crippen LogP contribution in [0.1, 0.15) is 6.92 Å². The highest BCUT2D eigenvalue weighted by molar-refractivity contribution is 7.06. The molecule has 0 aliphatic carbocycles. The largest absolute Gasteiger partial charge is 0.326 e. The smallest absolute Gasteiger partial charge is 0.244 e. The van der Waals surface area contributed by atoms with Gasteiger partial charge in [0.2, 0.25) is 11.8 Å². The van der Waals surface area contributed by atoms with Gasteiger partial charge < -0.3 is 15.2 Å². The summed E-state index contributed by atoms with van der Waals surface area (Å²) in [6.45, 7) is 1.54. The van der Waals surface area contributed by atoms with Crippen LogP contribution in [0.3, 0.4) is 0 Å². The molecule has 0 fully saturated rings. The van der Waals surface area contributed by atoms with Gasteiger partial charge in [-0.15, -0.1) is 11.3 Å². The Balaban J connectivity index is 1.96. The molecule has 0 bridgehead atoms. The first-order valence-electron chi connectivity index (χ1n) is 5.90. The number of thiazole rings is 1. The Morgan fingerprint density at radius 3 is 2.30 bits per heavy atom. The van der Waals surface area contributed by atoms with Crippen LogP contribution in [0.4, 0.5) is 11.4 Å². The fraction of sp³-hybridized carbons (Fsp3) is 0.154. The van der Waals surface area contributed by atoms with E-state index in [-0.39, 0.29) is 18.4 Å². The quantitative estimate of drug-likeness (QED) is 0.799. The Morgan fingerprint density at radius 1 is 1.20 bits per heavy atom. The average molecular weight is 290 g/mol. The van der Waals surface area contributed by atoms with Crippen LogP contribution < -0.4 is 15.4 Å². The average Bonchev–Trinajstić information content (AvgIpc) is 2.77. The summed E-state index contributed by atoms with van der Waals surface area (Å²) in [7, 11) is 0. The van der Waals surface area contributed by atoms with E-state index in [2.05, 4.69) is 10.6 Å². The van der Waals surface area contributed by atoms with Crippen molar-refractivity contribution in [2.75, 3.05) is 10.6 Å². The third kappa shape index (κ3) is 3.79. The molecule has 1 aromatic heterocycles. The van der Waals surface area contributed by atoms with E-state index in [1.54, 1.807) is 40.4 Å². The van der Waals surface area contributed by atoms with Crippen molar-refractivity contribution < 1.29 is 9.59 Å². The predicted octanol–water partition coefficient (Wildman–Crippen LogP) is 1.63. The van der Waals surface area contributed by atoms with Gasteiger partial charge in [-0.3, -0.25) is 15.0 Å². The van der Waals surface area contributed by atoms with Gasteiger partial charge in [-0.05, 0) is 24.3 Å². The number of carbonyl (C=O) groups is 2. The minimum absolute atomic E-state index is 0.107. The minimum Gasteiger partial charge on any atom is -0.326 e. The van der Waals surface area contributed by atoms with E-state index in [1.165, 1.54) is 18.3 Å². The van der Waals surface area contributed by atoms with Crippen molar-refractivity contribution in [1.29, 1.82) is 5.41 Å². The van der Waals surface area contributed by atoms with Gasteiger partial charge in [0.25, 0.3) is 0 Å². The zero-order valence-corrected chi connectivity index (χ0v) is 11.7. The van der Waals surface area contributed by atoms with Crippen molar-refractivity contribution in [3.05, 3.63) is 40.6 Å². The van der Waals surface area contributed by atoms with Crippen LogP contribution in [-0.4, -0.2) is 16.4 Å². The summed E-state index contributed by atoms with van der Waals surface area (Å²) in [6.07, 6.45) is 1.70. The van der Waals surface area contributed by atoms with Gasteiger partial charge in [0.05, 0.1) is 0 Å². The molecule has 1 heterocycles. The molecule has 2 aromatic rings. The van der Waals surface area contributed by atoms with E-state index < -0.39 is 0 Å². The lowest BCUT2D eigenvalue weighted by Gasteiger charge is -2.07. The molecule has 2 amide bonds. The van der Waals surface area contributed by atoms with Crippen LogP contribution in [0.25, 0.3) is 0 Å². The Morgan fingerprint density at radius 2 is 1.80 bits per heavy atom. The van der Waals surface area contributed by atoms with Crippen molar-refractivity contribution in [1.82, 2.24) is 4.57 Å². The first-order chi connectivity index (χ1) is 9.54. The fourth-order valence-corrected chi connectivity index (χ4v) is 2.22. The van der Waals surface area contributed by atoms with Crippen LogP contribution in [-0.2, 0) is 16.1 Å². The lowest BCUT2D eigenvalue weighted by atomic mass is 10.2. The summed E-state index contributed by atoms with van der Waals surface area (Å²) < 4.78 is 1.56. The third-order valence-corrected chi connectivity index (χ3v) is 3.20. The maximum atomic E-state index is 11.8. The summed E-state index contributed by atoms with van der Waals surface area (Å²) in [5.74, 6) is -0.340. The number of amides is 2. The number of nitrogens with zero attached hydrogens (tertiary/aromatic N) is 1.